The molecule has 1 aromatic carbocycles. The molecule has 86 valence electrons. The predicted molar refractivity (Wildman–Crippen MR) is 64.2 cm³/mol. The smallest absolute Gasteiger partial charge is 0.240 e. The lowest BCUT2D eigenvalue weighted by atomic mass is 9.86. The number of nitrogens with one attached hydrogen (secondary N) is 2. The summed E-state index contributed by atoms with van der Waals surface area (Å²) in [7, 11) is 0. The van der Waals surface area contributed by atoms with Crippen LogP contribution in [0, 0.1) is 0 Å². The molecule has 1 fully saturated rings. The van der Waals surface area contributed by atoms with Crippen LogP contribution >= 0.6 is 0 Å². The number of piperazine rings is 1. The first-order chi connectivity index (χ1) is 7.77. The minimum absolute atomic E-state index is 0.130. The number of benzene rings is 1. The minimum atomic E-state index is -0.417. The summed E-state index contributed by atoms with van der Waals surface area (Å²) in [5.41, 5.74) is 0.786. The Balaban J connectivity index is 2.18. The Morgan fingerprint density at radius 3 is 2.62 bits per heavy atom. The molecule has 2 rings (SSSR count). The number of rotatable bonds is 3. The number of hydrogen-bond acceptors (Lipinski definition) is 2. The molecule has 1 heterocycles. The highest BCUT2D eigenvalue weighted by atomic mass is 16.2. The first-order valence-electron chi connectivity index (χ1n) is 5.84. The summed E-state index contributed by atoms with van der Waals surface area (Å²) in [4.78, 5) is 12.0. The number of carbonyl (C=O) groups excluding carboxylic acids is 1. The van der Waals surface area contributed by atoms with Gasteiger partial charge < -0.3 is 10.6 Å². The van der Waals surface area contributed by atoms with Crippen LogP contribution in [-0.4, -0.2) is 24.5 Å². The zero-order chi connectivity index (χ0) is 11.4. The first-order valence-corrected chi connectivity index (χ1v) is 5.84. The monoisotopic (exact) mass is 218 g/mol. The van der Waals surface area contributed by atoms with Gasteiger partial charge in [0.2, 0.25) is 5.91 Å². The van der Waals surface area contributed by atoms with Gasteiger partial charge in [-0.15, -0.1) is 0 Å². The largest absolute Gasteiger partial charge is 0.353 e. The van der Waals surface area contributed by atoms with E-state index in [-0.39, 0.29) is 5.91 Å². The van der Waals surface area contributed by atoms with Crippen molar-refractivity contribution in [1.29, 1.82) is 0 Å². The van der Waals surface area contributed by atoms with Crippen molar-refractivity contribution in [2.75, 3.05) is 13.1 Å². The van der Waals surface area contributed by atoms with E-state index in [1.807, 2.05) is 18.2 Å². The molecule has 2 N–H and O–H groups in total. The van der Waals surface area contributed by atoms with Crippen molar-refractivity contribution in [3.63, 3.8) is 0 Å². The van der Waals surface area contributed by atoms with Crippen molar-refractivity contribution < 1.29 is 4.79 Å². The molecular formula is C13H18N2O. The Morgan fingerprint density at radius 1 is 1.25 bits per heavy atom. The molecule has 1 aromatic rings. The molecule has 0 radical (unpaired) electrons. The van der Waals surface area contributed by atoms with Crippen molar-refractivity contribution in [3.8, 4) is 0 Å². The zero-order valence-electron chi connectivity index (χ0n) is 9.62. The third kappa shape index (κ3) is 2.09. The van der Waals surface area contributed by atoms with Gasteiger partial charge in [-0.05, 0) is 18.4 Å². The summed E-state index contributed by atoms with van der Waals surface area (Å²) in [5, 5.41) is 6.31. The van der Waals surface area contributed by atoms with Crippen LogP contribution in [0.15, 0.2) is 30.3 Å². The van der Waals surface area contributed by atoms with Crippen molar-refractivity contribution >= 4 is 5.91 Å². The molecule has 0 saturated carbocycles. The van der Waals surface area contributed by atoms with Crippen molar-refractivity contribution in [1.82, 2.24) is 10.6 Å². The van der Waals surface area contributed by atoms with E-state index in [1.54, 1.807) is 0 Å². The molecule has 0 spiro atoms. The van der Waals surface area contributed by atoms with Crippen LogP contribution in [-0.2, 0) is 11.2 Å². The number of carbonyl (C=O) groups is 1. The van der Waals surface area contributed by atoms with Crippen LogP contribution in [0.5, 0.6) is 0 Å². The highest BCUT2D eigenvalue weighted by molar-refractivity contribution is 5.87. The third-order valence-electron chi connectivity index (χ3n) is 3.26. The quantitative estimate of drug-likeness (QED) is 0.797. The van der Waals surface area contributed by atoms with Gasteiger partial charge in [0.25, 0.3) is 0 Å². The van der Waals surface area contributed by atoms with Gasteiger partial charge in [-0.3, -0.25) is 4.79 Å². The van der Waals surface area contributed by atoms with Crippen LogP contribution in [0.1, 0.15) is 18.9 Å². The highest BCUT2D eigenvalue weighted by Crippen LogP contribution is 2.19. The second-order valence-electron chi connectivity index (χ2n) is 4.28. The molecule has 1 unspecified atom stereocenters. The molecule has 3 nitrogen and oxygen atoms in total. The van der Waals surface area contributed by atoms with Gasteiger partial charge >= 0.3 is 0 Å². The van der Waals surface area contributed by atoms with E-state index >= 15 is 0 Å². The van der Waals surface area contributed by atoms with E-state index in [4.69, 9.17) is 0 Å². The Morgan fingerprint density at radius 2 is 2.00 bits per heavy atom. The van der Waals surface area contributed by atoms with E-state index in [0.717, 1.165) is 25.9 Å². The average Bonchev–Trinajstić information content (AvgIpc) is 2.34. The van der Waals surface area contributed by atoms with E-state index < -0.39 is 5.54 Å². The normalized spacial score (nSPS) is 25.2. The van der Waals surface area contributed by atoms with Crippen LogP contribution in [0.2, 0.25) is 0 Å². The maximum Gasteiger partial charge on any atom is 0.240 e. The number of amides is 1. The SMILES string of the molecule is CCC1(Cc2ccccc2)NCCNC1=O. The highest BCUT2D eigenvalue weighted by Gasteiger charge is 2.38. The van der Waals surface area contributed by atoms with Gasteiger partial charge in [0.15, 0.2) is 0 Å². The van der Waals surface area contributed by atoms with Crippen LogP contribution in [0.25, 0.3) is 0 Å². The van der Waals surface area contributed by atoms with Gasteiger partial charge in [-0.2, -0.15) is 0 Å². The fourth-order valence-corrected chi connectivity index (χ4v) is 2.22. The van der Waals surface area contributed by atoms with Crippen molar-refractivity contribution in [2.45, 2.75) is 25.3 Å². The van der Waals surface area contributed by atoms with Crippen molar-refractivity contribution in [3.05, 3.63) is 35.9 Å². The maximum atomic E-state index is 12.0. The Bertz CT molecular complexity index is 363. The van der Waals surface area contributed by atoms with Gasteiger partial charge in [-0.1, -0.05) is 37.3 Å². The second kappa shape index (κ2) is 4.66. The summed E-state index contributed by atoms with van der Waals surface area (Å²) in [5.74, 6) is 0.130. The zero-order valence-corrected chi connectivity index (χ0v) is 9.62. The van der Waals surface area contributed by atoms with E-state index in [1.165, 1.54) is 5.56 Å². The van der Waals surface area contributed by atoms with Gasteiger partial charge in [0, 0.05) is 13.1 Å². The van der Waals surface area contributed by atoms with Gasteiger partial charge in [-0.25, -0.2) is 0 Å². The predicted octanol–water partition coefficient (Wildman–Crippen LogP) is 1.10. The molecule has 3 heteroatoms. The lowest BCUT2D eigenvalue weighted by molar-refractivity contribution is -0.129. The Hall–Kier alpha value is -1.35. The number of hydrogen-bond donors (Lipinski definition) is 2. The molecular weight excluding hydrogens is 200 g/mol. The molecule has 1 atom stereocenters. The first kappa shape index (κ1) is 11.1. The topological polar surface area (TPSA) is 41.1 Å². The lowest BCUT2D eigenvalue weighted by Crippen LogP contribution is -2.64. The molecule has 1 aliphatic rings. The Kier molecular flexibility index (Phi) is 3.25. The lowest BCUT2D eigenvalue weighted by Gasteiger charge is -2.36. The van der Waals surface area contributed by atoms with E-state index in [2.05, 4.69) is 29.7 Å². The fraction of sp³-hybridized carbons (Fsp3) is 0.462. The molecule has 16 heavy (non-hydrogen) atoms. The van der Waals surface area contributed by atoms with E-state index in [0.29, 0.717) is 0 Å². The van der Waals surface area contributed by atoms with Crippen molar-refractivity contribution in [2.24, 2.45) is 0 Å². The summed E-state index contributed by atoms with van der Waals surface area (Å²) in [6.45, 7) is 3.64. The Labute approximate surface area is 96.2 Å². The summed E-state index contributed by atoms with van der Waals surface area (Å²) < 4.78 is 0. The van der Waals surface area contributed by atoms with Crippen LogP contribution < -0.4 is 10.6 Å². The summed E-state index contributed by atoms with van der Waals surface area (Å²) in [6, 6.07) is 10.2. The molecule has 1 aliphatic heterocycles. The molecule has 0 bridgehead atoms. The standard InChI is InChI=1S/C13H18N2O/c1-2-13(12(16)14-8-9-15-13)10-11-6-4-3-5-7-11/h3-7,15H,2,8-10H2,1H3,(H,14,16). The molecule has 0 aromatic heterocycles. The summed E-state index contributed by atoms with van der Waals surface area (Å²) >= 11 is 0. The molecule has 1 saturated heterocycles. The van der Waals surface area contributed by atoms with E-state index in [9.17, 15) is 4.79 Å². The molecule has 1 amide bonds. The van der Waals surface area contributed by atoms with Crippen LogP contribution in [0.3, 0.4) is 0 Å². The third-order valence-corrected chi connectivity index (χ3v) is 3.26. The summed E-state index contributed by atoms with van der Waals surface area (Å²) in [6.07, 6.45) is 1.57. The molecule has 0 aliphatic carbocycles. The second-order valence-corrected chi connectivity index (χ2v) is 4.28. The van der Waals surface area contributed by atoms with Crippen LogP contribution in [0.4, 0.5) is 0 Å². The average molecular weight is 218 g/mol. The minimum Gasteiger partial charge on any atom is -0.353 e. The van der Waals surface area contributed by atoms with Gasteiger partial charge in [0.1, 0.15) is 5.54 Å². The van der Waals surface area contributed by atoms with Gasteiger partial charge in [0.05, 0.1) is 0 Å². The maximum absolute atomic E-state index is 12.0. The fourth-order valence-electron chi connectivity index (χ4n) is 2.22.